The minimum Gasteiger partial charge on any atom is -0.324 e. The molecule has 0 radical (unpaired) electrons. The molecule has 0 aliphatic carbocycles. The quantitative estimate of drug-likeness (QED) is 0.499. The molecule has 4 aromatic heterocycles. The van der Waals surface area contributed by atoms with Crippen molar-refractivity contribution in [3.05, 3.63) is 58.9 Å². The number of hydrogen-bond acceptors (Lipinski definition) is 5. The summed E-state index contributed by atoms with van der Waals surface area (Å²) < 4.78 is 18.1. The molecule has 0 saturated carbocycles. The number of aromatic nitrogens is 7. The molecule has 0 spiro atoms. The van der Waals surface area contributed by atoms with Crippen molar-refractivity contribution in [2.45, 2.75) is 26.3 Å². The number of rotatable bonds is 5. The van der Waals surface area contributed by atoms with Crippen LogP contribution < -0.4 is 0 Å². The first-order valence-electron chi connectivity index (χ1n) is 8.18. The summed E-state index contributed by atoms with van der Waals surface area (Å²) in [5, 5.41) is 4.25. The fraction of sp³-hybridized carbons (Fsp3) is 0.235. The number of hydrogen-bond donors (Lipinski definition) is 0. The van der Waals surface area contributed by atoms with E-state index in [-0.39, 0.29) is 5.69 Å². The maximum Gasteiger partial charge on any atom is 0.218 e. The molecular weight excluding hydrogens is 401 g/mol. The Labute approximate surface area is 157 Å². The Kier molecular flexibility index (Phi) is 4.46. The Balaban J connectivity index is 1.78. The van der Waals surface area contributed by atoms with E-state index in [1.54, 1.807) is 35.5 Å². The SMILES string of the molecule is CCCc1c(Cn2ccnc2-c2ncccc2F)ncn2nc(Br)nc12. The zero-order valence-corrected chi connectivity index (χ0v) is 15.6. The smallest absolute Gasteiger partial charge is 0.218 e. The van der Waals surface area contributed by atoms with E-state index in [1.165, 1.54) is 6.07 Å². The molecule has 26 heavy (non-hydrogen) atoms. The van der Waals surface area contributed by atoms with Crippen LogP contribution in [0.4, 0.5) is 4.39 Å². The van der Waals surface area contributed by atoms with Crippen molar-refractivity contribution in [1.29, 1.82) is 0 Å². The van der Waals surface area contributed by atoms with E-state index in [4.69, 9.17) is 0 Å². The van der Waals surface area contributed by atoms with Gasteiger partial charge in [0.2, 0.25) is 4.73 Å². The van der Waals surface area contributed by atoms with Crippen LogP contribution in [0, 0.1) is 5.82 Å². The van der Waals surface area contributed by atoms with Crippen LogP contribution in [0.1, 0.15) is 24.6 Å². The Morgan fingerprint density at radius 3 is 2.88 bits per heavy atom. The number of fused-ring (bicyclic) bond motifs is 1. The lowest BCUT2D eigenvalue weighted by molar-refractivity contribution is 0.621. The maximum atomic E-state index is 14.1. The highest BCUT2D eigenvalue weighted by Crippen LogP contribution is 2.22. The summed E-state index contributed by atoms with van der Waals surface area (Å²) >= 11 is 3.31. The molecule has 0 bridgehead atoms. The minimum absolute atomic E-state index is 0.223. The van der Waals surface area contributed by atoms with Crippen LogP contribution in [0.15, 0.2) is 41.8 Å². The summed E-state index contributed by atoms with van der Waals surface area (Å²) in [6.45, 7) is 2.55. The van der Waals surface area contributed by atoms with Gasteiger partial charge in [-0.25, -0.2) is 28.8 Å². The molecule has 9 heteroatoms. The van der Waals surface area contributed by atoms with E-state index < -0.39 is 5.82 Å². The Morgan fingerprint density at radius 2 is 2.08 bits per heavy atom. The summed E-state index contributed by atoms with van der Waals surface area (Å²) in [6.07, 6.45) is 8.39. The number of nitrogens with zero attached hydrogens (tertiary/aromatic N) is 7. The predicted octanol–water partition coefficient (Wildman–Crippen LogP) is 3.29. The highest BCUT2D eigenvalue weighted by atomic mass is 79.9. The average Bonchev–Trinajstić information content (AvgIpc) is 3.23. The summed E-state index contributed by atoms with van der Waals surface area (Å²) in [7, 11) is 0. The van der Waals surface area contributed by atoms with Gasteiger partial charge in [0.1, 0.15) is 12.0 Å². The van der Waals surface area contributed by atoms with Crippen molar-refractivity contribution >= 4 is 21.6 Å². The molecule has 4 heterocycles. The third-order valence-electron chi connectivity index (χ3n) is 4.05. The third kappa shape index (κ3) is 2.98. The van der Waals surface area contributed by atoms with Crippen molar-refractivity contribution in [2.75, 3.05) is 0 Å². The summed E-state index contributed by atoms with van der Waals surface area (Å²) in [5.74, 6) is 0.0633. The number of pyridine rings is 1. The molecule has 0 N–H and O–H groups in total. The second-order valence-corrected chi connectivity index (χ2v) is 6.49. The van der Waals surface area contributed by atoms with Crippen LogP contribution >= 0.6 is 15.9 Å². The van der Waals surface area contributed by atoms with Gasteiger partial charge in [-0.3, -0.25) is 0 Å². The van der Waals surface area contributed by atoms with Crippen molar-refractivity contribution in [1.82, 2.24) is 34.1 Å². The standard InChI is InChI=1S/C17H15BrFN7/c1-2-4-11-13(22-10-26-15(11)23-17(18)24-26)9-25-8-7-21-16(25)14-12(19)5-3-6-20-14/h3,5-8,10H,2,4,9H2,1H3. The maximum absolute atomic E-state index is 14.1. The lowest BCUT2D eigenvalue weighted by Crippen LogP contribution is -2.10. The molecule has 0 atom stereocenters. The Hall–Kier alpha value is -2.68. The molecule has 0 amide bonds. The summed E-state index contributed by atoms with van der Waals surface area (Å²) in [6, 6.07) is 2.94. The van der Waals surface area contributed by atoms with E-state index in [9.17, 15) is 4.39 Å². The molecule has 7 nitrogen and oxygen atoms in total. The topological polar surface area (TPSA) is 73.8 Å². The number of aryl methyl sites for hydroxylation is 1. The highest BCUT2D eigenvalue weighted by Gasteiger charge is 2.17. The lowest BCUT2D eigenvalue weighted by atomic mass is 10.1. The molecule has 0 aromatic carbocycles. The fourth-order valence-corrected chi connectivity index (χ4v) is 3.26. The molecule has 0 unspecified atom stereocenters. The summed E-state index contributed by atoms with van der Waals surface area (Å²) in [5.41, 5.74) is 2.87. The van der Waals surface area contributed by atoms with Gasteiger partial charge in [-0.05, 0) is 34.5 Å². The van der Waals surface area contributed by atoms with Gasteiger partial charge < -0.3 is 4.57 Å². The predicted molar refractivity (Wildman–Crippen MR) is 97.0 cm³/mol. The number of imidazole rings is 1. The molecule has 132 valence electrons. The Bertz CT molecular complexity index is 1070. The first-order valence-corrected chi connectivity index (χ1v) is 8.97. The molecule has 0 saturated heterocycles. The van der Waals surface area contributed by atoms with Gasteiger partial charge >= 0.3 is 0 Å². The van der Waals surface area contributed by atoms with Crippen LogP contribution in [0.2, 0.25) is 0 Å². The van der Waals surface area contributed by atoms with Gasteiger partial charge in [0.05, 0.1) is 12.2 Å². The van der Waals surface area contributed by atoms with Gasteiger partial charge in [-0.1, -0.05) is 13.3 Å². The third-order valence-corrected chi connectivity index (χ3v) is 4.39. The normalized spacial score (nSPS) is 11.3. The van der Waals surface area contributed by atoms with Gasteiger partial charge in [-0.15, -0.1) is 5.10 Å². The zero-order valence-electron chi connectivity index (χ0n) is 14.0. The van der Waals surface area contributed by atoms with Crippen molar-refractivity contribution in [3.8, 4) is 11.5 Å². The van der Waals surface area contributed by atoms with E-state index in [0.29, 0.717) is 17.1 Å². The Morgan fingerprint density at radius 1 is 1.19 bits per heavy atom. The van der Waals surface area contributed by atoms with Crippen LogP contribution in [-0.2, 0) is 13.0 Å². The second-order valence-electron chi connectivity index (χ2n) is 5.78. The largest absolute Gasteiger partial charge is 0.324 e. The molecule has 0 aliphatic rings. The van der Waals surface area contributed by atoms with E-state index in [2.05, 4.69) is 47.9 Å². The van der Waals surface area contributed by atoms with E-state index in [0.717, 1.165) is 29.7 Å². The fourth-order valence-electron chi connectivity index (χ4n) is 2.92. The van der Waals surface area contributed by atoms with Crippen molar-refractivity contribution in [3.63, 3.8) is 0 Å². The minimum atomic E-state index is -0.404. The van der Waals surface area contributed by atoms with Gasteiger partial charge in [0.15, 0.2) is 17.3 Å². The van der Waals surface area contributed by atoms with E-state index >= 15 is 0 Å². The van der Waals surface area contributed by atoms with Crippen LogP contribution in [-0.4, -0.2) is 34.1 Å². The van der Waals surface area contributed by atoms with Crippen LogP contribution in [0.5, 0.6) is 0 Å². The zero-order chi connectivity index (χ0) is 18.1. The first-order chi connectivity index (χ1) is 12.7. The van der Waals surface area contributed by atoms with E-state index in [1.807, 2.05) is 4.57 Å². The highest BCUT2D eigenvalue weighted by molar-refractivity contribution is 9.10. The van der Waals surface area contributed by atoms with Crippen molar-refractivity contribution in [2.24, 2.45) is 0 Å². The number of halogens is 2. The average molecular weight is 416 g/mol. The molecule has 4 aromatic rings. The van der Waals surface area contributed by atoms with Gasteiger partial charge in [0.25, 0.3) is 0 Å². The van der Waals surface area contributed by atoms with Gasteiger partial charge in [0, 0.05) is 24.2 Å². The first kappa shape index (κ1) is 16.8. The van der Waals surface area contributed by atoms with Crippen LogP contribution in [0.25, 0.3) is 17.2 Å². The van der Waals surface area contributed by atoms with Crippen LogP contribution in [0.3, 0.4) is 0 Å². The van der Waals surface area contributed by atoms with Gasteiger partial charge in [-0.2, -0.15) is 0 Å². The molecule has 4 rings (SSSR count). The lowest BCUT2D eigenvalue weighted by Gasteiger charge is -2.11. The summed E-state index contributed by atoms with van der Waals surface area (Å²) in [4.78, 5) is 17.4. The molecule has 0 fully saturated rings. The second kappa shape index (κ2) is 6.91. The van der Waals surface area contributed by atoms with Crippen molar-refractivity contribution < 1.29 is 4.39 Å². The molecular formula is C17H15BrFN7. The molecule has 0 aliphatic heterocycles. The monoisotopic (exact) mass is 415 g/mol.